The fraction of sp³-hybridized carbons (Fsp3) is 0.0588. The van der Waals surface area contributed by atoms with Gasteiger partial charge in [0.2, 0.25) is 0 Å². The van der Waals surface area contributed by atoms with Gasteiger partial charge < -0.3 is 5.32 Å². The normalized spacial score (nSPS) is 10.6. The lowest BCUT2D eigenvalue weighted by Crippen LogP contribution is -2.09. The zero-order chi connectivity index (χ0) is 17.1. The molecule has 7 heteroatoms. The molecule has 0 fully saturated rings. The van der Waals surface area contributed by atoms with Crippen LogP contribution < -0.4 is 5.32 Å². The Balaban J connectivity index is 1.91. The highest BCUT2D eigenvalue weighted by molar-refractivity contribution is 7.15. The molecule has 0 amide bonds. The van der Waals surface area contributed by atoms with Crippen LogP contribution in [-0.2, 0) is 6.54 Å². The Morgan fingerprint density at radius 1 is 1.17 bits per heavy atom. The third-order valence-electron chi connectivity index (χ3n) is 3.32. The van der Waals surface area contributed by atoms with Gasteiger partial charge in [-0.05, 0) is 30.3 Å². The minimum Gasteiger partial charge on any atom is -0.379 e. The van der Waals surface area contributed by atoms with Crippen molar-refractivity contribution in [2.24, 2.45) is 0 Å². The largest absolute Gasteiger partial charge is 0.379 e. The van der Waals surface area contributed by atoms with Crippen LogP contribution in [-0.4, -0.2) is 10.8 Å². The summed E-state index contributed by atoms with van der Waals surface area (Å²) >= 11 is 13.2. The van der Waals surface area contributed by atoms with E-state index in [0.717, 1.165) is 4.88 Å². The molecule has 0 saturated carbocycles. The molecule has 1 aromatic heterocycles. The molecule has 0 bridgehead atoms. The minimum atomic E-state index is -0.567. The highest BCUT2D eigenvalue weighted by Gasteiger charge is 2.17. The summed E-state index contributed by atoms with van der Waals surface area (Å²) < 4.78 is 14.4. The zero-order valence-electron chi connectivity index (χ0n) is 12.2. The van der Waals surface area contributed by atoms with Crippen molar-refractivity contribution in [2.75, 3.05) is 5.32 Å². The van der Waals surface area contributed by atoms with Crippen LogP contribution in [0.2, 0.25) is 9.49 Å². The standard InChI is InChI=1S/C17H11Cl2FN2OS/c18-10-5-6-15(21-8-11-9-22-17(19)24-11)13(7-10)16(23)12-3-1-2-4-14(12)20/h1-7,9,21H,8H2. The molecule has 0 unspecified atom stereocenters. The number of benzene rings is 2. The number of thiazole rings is 1. The first-order valence-corrected chi connectivity index (χ1v) is 8.54. The van der Waals surface area contributed by atoms with E-state index < -0.39 is 11.6 Å². The van der Waals surface area contributed by atoms with Crippen LogP contribution in [0.1, 0.15) is 20.8 Å². The summed E-state index contributed by atoms with van der Waals surface area (Å²) in [6.45, 7) is 0.448. The van der Waals surface area contributed by atoms with E-state index in [4.69, 9.17) is 23.2 Å². The average Bonchev–Trinajstić information content (AvgIpc) is 2.99. The van der Waals surface area contributed by atoms with Crippen LogP contribution in [0.3, 0.4) is 0 Å². The summed E-state index contributed by atoms with van der Waals surface area (Å²) in [5, 5.41) is 3.55. The molecule has 3 nitrogen and oxygen atoms in total. The predicted octanol–water partition coefficient (Wildman–Crippen LogP) is 5.43. The lowest BCUT2D eigenvalue weighted by molar-refractivity contribution is 0.103. The first-order valence-electron chi connectivity index (χ1n) is 6.97. The molecule has 24 heavy (non-hydrogen) atoms. The fourth-order valence-corrected chi connectivity index (χ4v) is 3.29. The van der Waals surface area contributed by atoms with Crippen molar-refractivity contribution in [3.8, 4) is 0 Å². The Kier molecular flexibility index (Phi) is 5.14. The molecule has 2 aromatic carbocycles. The summed E-state index contributed by atoms with van der Waals surface area (Å²) in [4.78, 5) is 17.6. The number of halogens is 3. The summed E-state index contributed by atoms with van der Waals surface area (Å²) in [6.07, 6.45) is 1.66. The monoisotopic (exact) mass is 380 g/mol. The second-order valence-corrected chi connectivity index (χ2v) is 7.07. The molecular formula is C17H11Cl2FN2OS. The number of aromatic nitrogens is 1. The third-order valence-corrected chi connectivity index (χ3v) is 4.67. The molecule has 1 heterocycles. The smallest absolute Gasteiger partial charge is 0.198 e. The number of hydrogen-bond acceptors (Lipinski definition) is 4. The van der Waals surface area contributed by atoms with E-state index in [1.54, 1.807) is 24.4 Å². The molecule has 1 N–H and O–H groups in total. The molecule has 0 aliphatic carbocycles. The Bertz CT molecular complexity index is 898. The fourth-order valence-electron chi connectivity index (χ4n) is 2.20. The van der Waals surface area contributed by atoms with Crippen molar-refractivity contribution in [1.29, 1.82) is 0 Å². The van der Waals surface area contributed by atoms with E-state index in [2.05, 4.69) is 10.3 Å². The number of nitrogens with one attached hydrogen (secondary N) is 1. The van der Waals surface area contributed by atoms with Crippen LogP contribution in [0.15, 0.2) is 48.7 Å². The third kappa shape index (κ3) is 3.75. The molecule has 0 aliphatic heterocycles. The summed E-state index contributed by atoms with van der Waals surface area (Å²) in [5.74, 6) is -0.997. The molecule has 0 spiro atoms. The summed E-state index contributed by atoms with van der Waals surface area (Å²) in [6, 6.07) is 10.7. The minimum absolute atomic E-state index is 0.00338. The van der Waals surface area contributed by atoms with Gasteiger partial charge in [-0.15, -0.1) is 11.3 Å². The number of nitrogens with zero attached hydrogens (tertiary/aromatic N) is 1. The van der Waals surface area contributed by atoms with Crippen LogP contribution >= 0.6 is 34.5 Å². The topological polar surface area (TPSA) is 42.0 Å². The van der Waals surface area contributed by atoms with E-state index in [9.17, 15) is 9.18 Å². The van der Waals surface area contributed by atoms with Gasteiger partial charge in [0.1, 0.15) is 5.82 Å². The van der Waals surface area contributed by atoms with Gasteiger partial charge in [-0.25, -0.2) is 9.37 Å². The molecule has 0 radical (unpaired) electrons. The van der Waals surface area contributed by atoms with Gasteiger partial charge in [-0.1, -0.05) is 35.3 Å². The van der Waals surface area contributed by atoms with Gasteiger partial charge in [0, 0.05) is 27.3 Å². The summed E-state index contributed by atoms with van der Waals surface area (Å²) in [7, 11) is 0. The van der Waals surface area contributed by atoms with Crippen LogP contribution in [0, 0.1) is 5.82 Å². The first kappa shape index (κ1) is 16.9. The molecule has 122 valence electrons. The maximum Gasteiger partial charge on any atom is 0.198 e. The summed E-state index contributed by atoms with van der Waals surface area (Å²) in [5.41, 5.74) is 0.879. The molecule has 0 atom stereocenters. The number of hydrogen-bond donors (Lipinski definition) is 1. The molecule has 3 aromatic rings. The Morgan fingerprint density at radius 2 is 1.96 bits per heavy atom. The number of rotatable bonds is 5. The van der Waals surface area contributed by atoms with Gasteiger partial charge in [-0.3, -0.25) is 4.79 Å². The Labute approximate surface area is 152 Å². The van der Waals surface area contributed by atoms with E-state index in [0.29, 0.717) is 27.3 Å². The van der Waals surface area contributed by atoms with Gasteiger partial charge in [0.05, 0.1) is 12.1 Å². The second kappa shape index (κ2) is 7.30. The lowest BCUT2D eigenvalue weighted by atomic mass is 10.0. The highest BCUT2D eigenvalue weighted by atomic mass is 35.5. The first-order chi connectivity index (χ1) is 11.5. The van der Waals surface area contributed by atoms with E-state index in [1.807, 2.05) is 0 Å². The van der Waals surface area contributed by atoms with Crippen molar-refractivity contribution in [3.05, 3.63) is 80.0 Å². The number of anilines is 1. The van der Waals surface area contributed by atoms with Crippen molar-refractivity contribution in [2.45, 2.75) is 6.54 Å². The van der Waals surface area contributed by atoms with Gasteiger partial charge in [0.15, 0.2) is 10.3 Å². The molecule has 0 aliphatic rings. The lowest BCUT2D eigenvalue weighted by Gasteiger charge is -2.11. The Hall–Kier alpha value is -1.95. The maximum absolute atomic E-state index is 13.9. The number of ketones is 1. The van der Waals surface area contributed by atoms with Crippen LogP contribution in [0.25, 0.3) is 0 Å². The van der Waals surface area contributed by atoms with Gasteiger partial charge in [0.25, 0.3) is 0 Å². The van der Waals surface area contributed by atoms with Crippen molar-refractivity contribution < 1.29 is 9.18 Å². The average molecular weight is 381 g/mol. The van der Waals surface area contributed by atoms with E-state index in [-0.39, 0.29) is 5.56 Å². The Morgan fingerprint density at radius 3 is 2.67 bits per heavy atom. The van der Waals surface area contributed by atoms with Gasteiger partial charge >= 0.3 is 0 Å². The second-order valence-electron chi connectivity index (χ2n) is 4.93. The molecular weight excluding hydrogens is 370 g/mol. The zero-order valence-corrected chi connectivity index (χ0v) is 14.6. The maximum atomic E-state index is 13.9. The van der Waals surface area contributed by atoms with Crippen molar-refractivity contribution in [3.63, 3.8) is 0 Å². The van der Waals surface area contributed by atoms with E-state index >= 15 is 0 Å². The SMILES string of the molecule is O=C(c1ccccc1F)c1cc(Cl)ccc1NCc1cnc(Cl)s1. The highest BCUT2D eigenvalue weighted by Crippen LogP contribution is 2.26. The molecule has 0 saturated heterocycles. The van der Waals surface area contributed by atoms with Crippen LogP contribution in [0.4, 0.5) is 10.1 Å². The van der Waals surface area contributed by atoms with Crippen LogP contribution in [0.5, 0.6) is 0 Å². The van der Waals surface area contributed by atoms with Crippen molar-refractivity contribution in [1.82, 2.24) is 4.98 Å². The van der Waals surface area contributed by atoms with E-state index in [1.165, 1.54) is 35.6 Å². The molecule has 3 rings (SSSR count). The van der Waals surface area contributed by atoms with Crippen molar-refractivity contribution >= 4 is 46.0 Å². The quantitative estimate of drug-likeness (QED) is 0.599. The number of carbonyl (C=O) groups is 1. The number of carbonyl (C=O) groups excluding carboxylic acids is 1. The predicted molar refractivity (Wildman–Crippen MR) is 95.7 cm³/mol. The van der Waals surface area contributed by atoms with Gasteiger partial charge in [-0.2, -0.15) is 0 Å².